The average Bonchev–Trinajstić information content (AvgIpc) is 3.21. The molecule has 0 bridgehead atoms. The number of nitrogens with two attached hydrogens (primary N) is 1. The van der Waals surface area contributed by atoms with Crippen molar-refractivity contribution in [3.63, 3.8) is 0 Å². The van der Waals surface area contributed by atoms with Crippen molar-refractivity contribution in [3.05, 3.63) is 53.5 Å². The standard InChI is InChI=1S/C17H20N2O3/c18-8-16-7-14(11-22-16)17(20)19-15-3-1-2-13(6-15)10-21-9-12-4-5-12/h1-3,6-7,11-12H,4-5,8-10,18H2,(H,19,20). The zero-order valence-electron chi connectivity index (χ0n) is 12.4. The lowest BCUT2D eigenvalue weighted by Gasteiger charge is -2.07. The number of hydrogen-bond acceptors (Lipinski definition) is 4. The van der Waals surface area contributed by atoms with E-state index in [4.69, 9.17) is 14.9 Å². The summed E-state index contributed by atoms with van der Waals surface area (Å²) >= 11 is 0. The normalized spacial score (nSPS) is 14.0. The van der Waals surface area contributed by atoms with Crippen LogP contribution in [-0.2, 0) is 17.9 Å². The van der Waals surface area contributed by atoms with Gasteiger partial charge in [-0.25, -0.2) is 0 Å². The molecule has 1 heterocycles. The first-order valence-corrected chi connectivity index (χ1v) is 7.50. The van der Waals surface area contributed by atoms with Crippen molar-refractivity contribution in [1.29, 1.82) is 0 Å². The van der Waals surface area contributed by atoms with Crippen molar-refractivity contribution in [2.24, 2.45) is 11.7 Å². The molecule has 1 aliphatic carbocycles. The summed E-state index contributed by atoms with van der Waals surface area (Å²) in [6.07, 6.45) is 3.98. The van der Waals surface area contributed by atoms with E-state index in [2.05, 4.69) is 5.32 Å². The highest BCUT2D eigenvalue weighted by Crippen LogP contribution is 2.29. The van der Waals surface area contributed by atoms with Crippen LogP contribution in [0.15, 0.2) is 41.0 Å². The smallest absolute Gasteiger partial charge is 0.258 e. The number of benzene rings is 1. The maximum absolute atomic E-state index is 12.1. The number of nitrogens with one attached hydrogen (secondary N) is 1. The van der Waals surface area contributed by atoms with Crippen LogP contribution in [0.5, 0.6) is 0 Å². The van der Waals surface area contributed by atoms with Crippen LogP contribution in [0.1, 0.15) is 34.5 Å². The Labute approximate surface area is 129 Å². The predicted octanol–water partition coefficient (Wildman–Crippen LogP) is 2.92. The highest BCUT2D eigenvalue weighted by atomic mass is 16.5. The van der Waals surface area contributed by atoms with E-state index in [1.54, 1.807) is 6.07 Å². The third-order valence-electron chi connectivity index (χ3n) is 3.62. The summed E-state index contributed by atoms with van der Waals surface area (Å²) < 4.78 is 10.8. The van der Waals surface area contributed by atoms with Crippen LogP contribution in [-0.4, -0.2) is 12.5 Å². The average molecular weight is 300 g/mol. The van der Waals surface area contributed by atoms with Crippen molar-refractivity contribution in [2.45, 2.75) is 26.0 Å². The van der Waals surface area contributed by atoms with Gasteiger partial charge in [0.25, 0.3) is 5.91 Å². The maximum Gasteiger partial charge on any atom is 0.258 e. The third kappa shape index (κ3) is 3.96. The highest BCUT2D eigenvalue weighted by molar-refractivity contribution is 6.04. The largest absolute Gasteiger partial charge is 0.467 e. The summed E-state index contributed by atoms with van der Waals surface area (Å²) in [6, 6.07) is 9.33. The van der Waals surface area contributed by atoms with E-state index >= 15 is 0 Å². The summed E-state index contributed by atoms with van der Waals surface area (Å²) in [6.45, 7) is 1.68. The first-order chi connectivity index (χ1) is 10.7. The van der Waals surface area contributed by atoms with E-state index in [1.807, 2.05) is 24.3 Å². The fourth-order valence-corrected chi connectivity index (χ4v) is 2.18. The molecule has 1 amide bonds. The highest BCUT2D eigenvalue weighted by Gasteiger charge is 2.21. The molecule has 1 aromatic heterocycles. The van der Waals surface area contributed by atoms with Gasteiger partial charge in [0, 0.05) is 12.3 Å². The fourth-order valence-electron chi connectivity index (χ4n) is 2.18. The lowest BCUT2D eigenvalue weighted by atomic mass is 10.2. The van der Waals surface area contributed by atoms with Crippen molar-refractivity contribution < 1.29 is 13.9 Å². The second-order valence-electron chi connectivity index (χ2n) is 5.62. The van der Waals surface area contributed by atoms with E-state index in [0.29, 0.717) is 17.9 Å². The summed E-state index contributed by atoms with van der Waals surface area (Å²) in [7, 11) is 0. The van der Waals surface area contributed by atoms with Crippen LogP contribution in [0.25, 0.3) is 0 Å². The van der Waals surface area contributed by atoms with Crippen LogP contribution >= 0.6 is 0 Å². The third-order valence-corrected chi connectivity index (χ3v) is 3.62. The molecule has 0 radical (unpaired) electrons. The molecule has 1 aromatic carbocycles. The molecule has 5 heteroatoms. The second kappa shape index (κ2) is 6.77. The van der Waals surface area contributed by atoms with Gasteiger partial charge < -0.3 is 20.2 Å². The number of carbonyl (C=O) groups is 1. The van der Waals surface area contributed by atoms with E-state index in [9.17, 15) is 4.79 Å². The number of ether oxygens (including phenoxy) is 1. The fraction of sp³-hybridized carbons (Fsp3) is 0.353. The van der Waals surface area contributed by atoms with Crippen molar-refractivity contribution >= 4 is 11.6 Å². The van der Waals surface area contributed by atoms with Gasteiger partial charge >= 0.3 is 0 Å². The van der Waals surface area contributed by atoms with E-state index in [0.717, 1.165) is 23.8 Å². The van der Waals surface area contributed by atoms with Gasteiger partial charge in [-0.3, -0.25) is 4.79 Å². The molecule has 2 aromatic rings. The van der Waals surface area contributed by atoms with Crippen LogP contribution in [0.2, 0.25) is 0 Å². The Bertz CT molecular complexity index is 647. The van der Waals surface area contributed by atoms with Gasteiger partial charge in [-0.2, -0.15) is 0 Å². The van der Waals surface area contributed by atoms with Gasteiger partial charge in [-0.15, -0.1) is 0 Å². The van der Waals surface area contributed by atoms with Crippen LogP contribution in [0.4, 0.5) is 5.69 Å². The Kier molecular flexibility index (Phi) is 4.56. The number of carbonyl (C=O) groups excluding carboxylic acids is 1. The molecule has 3 rings (SSSR count). The predicted molar refractivity (Wildman–Crippen MR) is 83.4 cm³/mol. The van der Waals surface area contributed by atoms with Gasteiger partial charge in [0.2, 0.25) is 0 Å². The number of anilines is 1. The van der Waals surface area contributed by atoms with Gasteiger partial charge in [0.15, 0.2) is 0 Å². The van der Waals surface area contributed by atoms with Crippen LogP contribution < -0.4 is 11.1 Å². The molecule has 0 aliphatic heterocycles. The van der Waals surface area contributed by atoms with Gasteiger partial charge in [0.05, 0.1) is 18.7 Å². The Morgan fingerprint density at radius 1 is 1.36 bits per heavy atom. The van der Waals surface area contributed by atoms with Crippen molar-refractivity contribution in [2.75, 3.05) is 11.9 Å². The molecule has 1 aliphatic rings. The monoisotopic (exact) mass is 300 g/mol. The molecule has 0 spiro atoms. The minimum absolute atomic E-state index is 0.209. The Hall–Kier alpha value is -2.11. The zero-order chi connectivity index (χ0) is 15.4. The van der Waals surface area contributed by atoms with E-state index in [-0.39, 0.29) is 12.5 Å². The molecule has 1 fully saturated rings. The molecule has 5 nitrogen and oxygen atoms in total. The summed E-state index contributed by atoms with van der Waals surface area (Å²) in [5.41, 5.74) is 7.73. The molecule has 1 saturated carbocycles. The van der Waals surface area contributed by atoms with Crippen molar-refractivity contribution in [3.8, 4) is 0 Å². The lowest BCUT2D eigenvalue weighted by Crippen LogP contribution is -2.11. The summed E-state index contributed by atoms with van der Waals surface area (Å²) in [4.78, 5) is 12.1. The Morgan fingerprint density at radius 3 is 2.95 bits per heavy atom. The summed E-state index contributed by atoms with van der Waals surface area (Å²) in [5.74, 6) is 1.13. The number of rotatable bonds is 7. The second-order valence-corrected chi connectivity index (χ2v) is 5.62. The molecule has 0 unspecified atom stereocenters. The number of amides is 1. The Morgan fingerprint density at radius 2 is 2.23 bits per heavy atom. The molecule has 22 heavy (non-hydrogen) atoms. The van der Waals surface area contributed by atoms with Gasteiger partial charge in [-0.05, 0) is 42.5 Å². The minimum Gasteiger partial charge on any atom is -0.467 e. The summed E-state index contributed by atoms with van der Waals surface area (Å²) in [5, 5.41) is 2.85. The number of hydrogen-bond donors (Lipinski definition) is 2. The first kappa shape index (κ1) is 14.8. The van der Waals surface area contributed by atoms with Crippen LogP contribution in [0, 0.1) is 5.92 Å². The lowest BCUT2D eigenvalue weighted by molar-refractivity contribution is 0.102. The maximum atomic E-state index is 12.1. The molecule has 116 valence electrons. The van der Waals surface area contributed by atoms with Crippen LogP contribution in [0.3, 0.4) is 0 Å². The van der Waals surface area contributed by atoms with Gasteiger partial charge in [0.1, 0.15) is 12.0 Å². The van der Waals surface area contributed by atoms with Gasteiger partial charge in [-0.1, -0.05) is 12.1 Å². The number of furan rings is 1. The van der Waals surface area contributed by atoms with E-state index in [1.165, 1.54) is 19.1 Å². The van der Waals surface area contributed by atoms with E-state index < -0.39 is 0 Å². The molecule has 0 atom stereocenters. The molecular formula is C17H20N2O3. The molecular weight excluding hydrogens is 280 g/mol. The minimum atomic E-state index is -0.209. The van der Waals surface area contributed by atoms with Crippen molar-refractivity contribution in [1.82, 2.24) is 0 Å². The SMILES string of the molecule is NCc1cc(C(=O)Nc2cccc(COCC3CC3)c2)co1. The first-order valence-electron chi connectivity index (χ1n) is 7.50. The zero-order valence-corrected chi connectivity index (χ0v) is 12.4. The topological polar surface area (TPSA) is 77.5 Å². The Balaban J connectivity index is 1.57. The molecule has 0 saturated heterocycles. The molecule has 3 N–H and O–H groups in total. The quantitative estimate of drug-likeness (QED) is 0.824.